The van der Waals surface area contributed by atoms with Crippen LogP contribution in [-0.4, -0.2) is 18.8 Å². The number of methoxy groups -OCH3 is 1. The van der Waals surface area contributed by atoms with Crippen LogP contribution in [0.15, 0.2) is 18.2 Å². The van der Waals surface area contributed by atoms with E-state index in [2.05, 4.69) is 0 Å². The Kier molecular flexibility index (Phi) is 3.53. The summed E-state index contributed by atoms with van der Waals surface area (Å²) >= 11 is 6.00. The fourth-order valence-corrected chi connectivity index (χ4v) is 1.73. The molecule has 1 atom stereocenters. The molecule has 14 heavy (non-hydrogen) atoms. The molecule has 1 rings (SSSR count). The van der Waals surface area contributed by atoms with Crippen molar-refractivity contribution in [3.8, 4) is 0 Å². The van der Waals surface area contributed by atoms with Crippen molar-refractivity contribution in [2.45, 2.75) is 19.4 Å². The minimum absolute atomic E-state index is 0.232. The quantitative estimate of drug-likeness (QED) is 0.838. The summed E-state index contributed by atoms with van der Waals surface area (Å²) in [4.78, 5) is 0. The third-order valence-corrected chi connectivity index (χ3v) is 2.46. The van der Waals surface area contributed by atoms with E-state index in [4.69, 9.17) is 16.3 Å². The van der Waals surface area contributed by atoms with E-state index in [1.54, 1.807) is 20.1 Å². The average Bonchev–Trinajstić information content (AvgIpc) is 2.09. The molecule has 1 aromatic rings. The number of aliphatic hydroxyl groups is 1. The van der Waals surface area contributed by atoms with Crippen LogP contribution in [0.4, 0.5) is 0 Å². The van der Waals surface area contributed by atoms with Gasteiger partial charge in [0, 0.05) is 17.7 Å². The summed E-state index contributed by atoms with van der Waals surface area (Å²) < 4.78 is 4.95. The Morgan fingerprint density at radius 1 is 1.50 bits per heavy atom. The van der Waals surface area contributed by atoms with E-state index >= 15 is 0 Å². The first-order valence-electron chi connectivity index (χ1n) is 4.45. The van der Waals surface area contributed by atoms with Gasteiger partial charge in [-0.2, -0.15) is 0 Å². The maximum absolute atomic E-state index is 10.1. The molecule has 78 valence electrons. The van der Waals surface area contributed by atoms with Crippen LogP contribution in [0.5, 0.6) is 0 Å². The van der Waals surface area contributed by atoms with Gasteiger partial charge in [-0.1, -0.05) is 29.3 Å². The molecule has 0 heterocycles. The lowest BCUT2D eigenvalue weighted by molar-refractivity contribution is -0.0207. The molecule has 0 saturated heterocycles. The van der Waals surface area contributed by atoms with Gasteiger partial charge in [0.1, 0.15) is 5.60 Å². The summed E-state index contributed by atoms with van der Waals surface area (Å²) in [5.41, 5.74) is 0.750. The summed E-state index contributed by atoms with van der Waals surface area (Å²) in [6, 6.07) is 5.58. The predicted molar refractivity (Wildman–Crippen MR) is 57.6 cm³/mol. The van der Waals surface area contributed by atoms with Gasteiger partial charge >= 0.3 is 0 Å². The minimum Gasteiger partial charge on any atom is -0.383 e. The third-order valence-electron chi connectivity index (χ3n) is 2.13. The van der Waals surface area contributed by atoms with Gasteiger partial charge in [0.15, 0.2) is 0 Å². The van der Waals surface area contributed by atoms with Gasteiger partial charge in [0.2, 0.25) is 0 Å². The van der Waals surface area contributed by atoms with Gasteiger partial charge in [-0.3, -0.25) is 0 Å². The molecule has 0 radical (unpaired) electrons. The van der Waals surface area contributed by atoms with Crippen LogP contribution in [0.1, 0.15) is 18.1 Å². The van der Waals surface area contributed by atoms with Crippen molar-refractivity contribution >= 4 is 11.6 Å². The summed E-state index contributed by atoms with van der Waals surface area (Å²) in [6.45, 7) is 3.88. The summed E-state index contributed by atoms with van der Waals surface area (Å²) in [7, 11) is 1.55. The zero-order valence-corrected chi connectivity index (χ0v) is 9.43. The second kappa shape index (κ2) is 4.30. The lowest BCUT2D eigenvalue weighted by Gasteiger charge is -2.24. The topological polar surface area (TPSA) is 29.5 Å². The molecule has 0 spiro atoms. The molecule has 0 aliphatic carbocycles. The average molecular weight is 215 g/mol. The van der Waals surface area contributed by atoms with Gasteiger partial charge < -0.3 is 9.84 Å². The molecule has 0 saturated carbocycles. The number of aryl methyl sites for hydroxylation is 1. The van der Waals surface area contributed by atoms with Crippen molar-refractivity contribution in [3.63, 3.8) is 0 Å². The Morgan fingerprint density at radius 2 is 2.14 bits per heavy atom. The highest BCUT2D eigenvalue weighted by Gasteiger charge is 2.25. The van der Waals surface area contributed by atoms with Crippen molar-refractivity contribution in [2.75, 3.05) is 13.7 Å². The zero-order valence-electron chi connectivity index (χ0n) is 8.67. The summed E-state index contributed by atoms with van der Waals surface area (Å²) in [6.07, 6.45) is 0. The predicted octanol–water partition coefficient (Wildman–Crippen LogP) is 2.50. The van der Waals surface area contributed by atoms with E-state index in [0.29, 0.717) is 10.6 Å². The molecule has 0 aliphatic heterocycles. The lowest BCUT2D eigenvalue weighted by Crippen LogP contribution is -2.27. The monoisotopic (exact) mass is 214 g/mol. The highest BCUT2D eigenvalue weighted by Crippen LogP contribution is 2.28. The smallest absolute Gasteiger partial charge is 0.111 e. The molecule has 2 nitrogen and oxygen atoms in total. The molecule has 3 heteroatoms. The van der Waals surface area contributed by atoms with Crippen molar-refractivity contribution in [1.29, 1.82) is 0 Å². The maximum Gasteiger partial charge on any atom is 0.111 e. The van der Waals surface area contributed by atoms with Gasteiger partial charge in [-0.05, 0) is 19.9 Å². The molecule has 0 aromatic heterocycles. The standard InChI is InChI=1S/C11H15ClO2/c1-8-4-5-10(12)9(6-8)11(2,13)7-14-3/h4-6,13H,7H2,1-3H3. The largest absolute Gasteiger partial charge is 0.383 e. The first-order valence-corrected chi connectivity index (χ1v) is 4.83. The molecule has 0 fully saturated rings. The van der Waals surface area contributed by atoms with Gasteiger partial charge in [-0.25, -0.2) is 0 Å². The first-order chi connectivity index (χ1) is 6.47. The van der Waals surface area contributed by atoms with E-state index in [-0.39, 0.29) is 6.61 Å². The molecule has 1 aromatic carbocycles. The minimum atomic E-state index is -1.03. The Labute approximate surface area is 89.5 Å². The van der Waals surface area contributed by atoms with Gasteiger partial charge in [-0.15, -0.1) is 0 Å². The zero-order chi connectivity index (χ0) is 10.8. The van der Waals surface area contributed by atoms with Crippen molar-refractivity contribution in [1.82, 2.24) is 0 Å². The molecular weight excluding hydrogens is 200 g/mol. The van der Waals surface area contributed by atoms with Crippen LogP contribution in [0.3, 0.4) is 0 Å². The summed E-state index contributed by atoms with van der Waals surface area (Å²) in [5.74, 6) is 0. The van der Waals surface area contributed by atoms with Crippen molar-refractivity contribution < 1.29 is 9.84 Å². The lowest BCUT2D eigenvalue weighted by atomic mass is 9.95. The van der Waals surface area contributed by atoms with Gasteiger partial charge in [0.25, 0.3) is 0 Å². The molecule has 1 N–H and O–H groups in total. The number of hydrogen-bond acceptors (Lipinski definition) is 2. The third kappa shape index (κ3) is 2.47. The normalized spacial score (nSPS) is 15.2. The second-order valence-corrected chi connectivity index (χ2v) is 4.10. The van der Waals surface area contributed by atoms with E-state index in [1.807, 2.05) is 19.1 Å². The first kappa shape index (κ1) is 11.5. The number of ether oxygens (including phenoxy) is 1. The highest BCUT2D eigenvalue weighted by atomic mass is 35.5. The molecule has 0 amide bonds. The van der Waals surface area contributed by atoms with Crippen molar-refractivity contribution in [2.24, 2.45) is 0 Å². The Morgan fingerprint density at radius 3 is 2.71 bits per heavy atom. The van der Waals surface area contributed by atoms with Crippen LogP contribution >= 0.6 is 11.6 Å². The SMILES string of the molecule is COCC(C)(O)c1cc(C)ccc1Cl. The fourth-order valence-electron chi connectivity index (χ4n) is 1.41. The highest BCUT2D eigenvalue weighted by molar-refractivity contribution is 6.31. The van der Waals surface area contributed by atoms with E-state index in [1.165, 1.54) is 0 Å². The molecule has 0 aliphatic rings. The van der Waals surface area contributed by atoms with Gasteiger partial charge in [0.05, 0.1) is 6.61 Å². The van der Waals surface area contributed by atoms with Crippen LogP contribution < -0.4 is 0 Å². The van der Waals surface area contributed by atoms with E-state index in [0.717, 1.165) is 5.56 Å². The molecular formula is C11H15ClO2. The van der Waals surface area contributed by atoms with Crippen LogP contribution in [0.25, 0.3) is 0 Å². The van der Waals surface area contributed by atoms with Crippen LogP contribution in [0, 0.1) is 6.92 Å². The van der Waals surface area contributed by atoms with Crippen LogP contribution in [0.2, 0.25) is 5.02 Å². The molecule has 1 unspecified atom stereocenters. The maximum atomic E-state index is 10.1. The van der Waals surface area contributed by atoms with Crippen LogP contribution in [-0.2, 0) is 10.3 Å². The number of benzene rings is 1. The second-order valence-electron chi connectivity index (χ2n) is 3.69. The Balaban J connectivity index is 3.10. The Bertz CT molecular complexity index is 321. The van der Waals surface area contributed by atoms with E-state index < -0.39 is 5.60 Å². The molecule has 0 bridgehead atoms. The van der Waals surface area contributed by atoms with E-state index in [9.17, 15) is 5.11 Å². The summed E-state index contributed by atoms with van der Waals surface area (Å²) in [5, 5.41) is 10.6. The number of hydrogen-bond donors (Lipinski definition) is 1. The van der Waals surface area contributed by atoms with Crippen molar-refractivity contribution in [3.05, 3.63) is 34.3 Å². The Hall–Kier alpha value is -0.570. The number of rotatable bonds is 3. The number of halogens is 1. The fraction of sp³-hybridized carbons (Fsp3) is 0.455.